The van der Waals surface area contributed by atoms with Gasteiger partial charge >= 0.3 is 0 Å². The van der Waals surface area contributed by atoms with E-state index in [9.17, 15) is 8.42 Å². The lowest BCUT2D eigenvalue weighted by Crippen LogP contribution is -2.22. The van der Waals surface area contributed by atoms with Crippen LogP contribution in [-0.4, -0.2) is 29.5 Å². The zero-order chi connectivity index (χ0) is 15.4. The minimum atomic E-state index is -2.93. The van der Waals surface area contributed by atoms with Gasteiger partial charge in [0.15, 0.2) is 9.84 Å². The minimum Gasteiger partial charge on any atom is -0.399 e. The molecule has 0 bridgehead atoms. The van der Waals surface area contributed by atoms with E-state index >= 15 is 0 Å². The van der Waals surface area contributed by atoms with Crippen molar-refractivity contribution < 1.29 is 8.42 Å². The third-order valence-corrected chi connectivity index (χ3v) is 5.71. The maximum Gasteiger partial charge on any atom is 0.152 e. The predicted octanol–water partition coefficient (Wildman–Crippen LogP) is 2.28. The molecule has 114 valence electrons. The number of sulfone groups is 1. The van der Waals surface area contributed by atoms with Crippen LogP contribution >= 0.6 is 0 Å². The zero-order valence-electron chi connectivity index (χ0n) is 12.6. The van der Waals surface area contributed by atoms with Crippen LogP contribution in [0.15, 0.2) is 18.2 Å². The fourth-order valence-corrected chi connectivity index (χ4v) is 4.69. The molecule has 1 saturated heterocycles. The Bertz CT molecular complexity index is 800. The molecule has 0 radical (unpaired) electrons. The van der Waals surface area contributed by atoms with Gasteiger partial charge in [-0.25, -0.2) is 13.4 Å². The third kappa shape index (κ3) is 2.52. The van der Waals surface area contributed by atoms with Crippen LogP contribution in [0.2, 0.25) is 0 Å². The molecule has 5 nitrogen and oxygen atoms in total. The molecule has 1 unspecified atom stereocenters. The number of fused-ring (bicyclic) bond motifs is 1. The first-order valence-electron chi connectivity index (χ1n) is 7.16. The van der Waals surface area contributed by atoms with Crippen molar-refractivity contribution in [2.24, 2.45) is 0 Å². The summed E-state index contributed by atoms with van der Waals surface area (Å²) in [5.74, 6) is 1.38. The lowest BCUT2D eigenvalue weighted by Gasteiger charge is -2.23. The van der Waals surface area contributed by atoms with Crippen LogP contribution in [0.1, 0.15) is 39.1 Å². The molecule has 2 N–H and O–H groups in total. The highest BCUT2D eigenvalue weighted by Gasteiger charge is 2.34. The lowest BCUT2D eigenvalue weighted by molar-refractivity contribution is 0.463. The summed E-state index contributed by atoms with van der Waals surface area (Å²) >= 11 is 0. The summed E-state index contributed by atoms with van der Waals surface area (Å²) in [7, 11) is -2.93. The summed E-state index contributed by atoms with van der Waals surface area (Å²) in [6, 6.07) is 5.61. The number of nitrogens with two attached hydrogens (primary N) is 1. The predicted molar refractivity (Wildman–Crippen MR) is 85.2 cm³/mol. The van der Waals surface area contributed by atoms with Crippen LogP contribution in [0.3, 0.4) is 0 Å². The van der Waals surface area contributed by atoms with E-state index in [1.807, 2.05) is 18.2 Å². The molecule has 1 aliphatic rings. The molecule has 0 spiro atoms. The molecule has 1 fully saturated rings. The Kier molecular flexibility index (Phi) is 3.06. The first-order valence-corrected chi connectivity index (χ1v) is 8.98. The van der Waals surface area contributed by atoms with Crippen molar-refractivity contribution in [2.75, 3.05) is 17.2 Å². The number of aromatic nitrogens is 2. The molecular weight excluding hydrogens is 286 g/mol. The van der Waals surface area contributed by atoms with Gasteiger partial charge < -0.3 is 10.3 Å². The van der Waals surface area contributed by atoms with E-state index in [1.165, 1.54) is 0 Å². The highest BCUT2D eigenvalue weighted by Crippen LogP contribution is 2.34. The Morgan fingerprint density at radius 3 is 2.62 bits per heavy atom. The normalized spacial score (nSPS) is 22.0. The number of imidazole rings is 1. The van der Waals surface area contributed by atoms with E-state index in [-0.39, 0.29) is 23.0 Å². The van der Waals surface area contributed by atoms with Gasteiger partial charge in [-0.05, 0) is 24.6 Å². The average molecular weight is 307 g/mol. The quantitative estimate of drug-likeness (QED) is 0.820. The highest BCUT2D eigenvalue weighted by atomic mass is 32.2. The van der Waals surface area contributed by atoms with Crippen LogP contribution in [-0.2, 0) is 15.3 Å². The van der Waals surface area contributed by atoms with Gasteiger partial charge in [-0.1, -0.05) is 20.8 Å². The zero-order valence-corrected chi connectivity index (χ0v) is 13.4. The number of nitrogen functional groups attached to an aromatic ring is 1. The highest BCUT2D eigenvalue weighted by molar-refractivity contribution is 7.91. The van der Waals surface area contributed by atoms with Crippen molar-refractivity contribution in [2.45, 2.75) is 38.6 Å². The first-order chi connectivity index (χ1) is 9.67. The van der Waals surface area contributed by atoms with E-state index in [2.05, 4.69) is 25.3 Å². The SMILES string of the molecule is CC(C)(C)c1nc2cc(N)ccc2n1C1CCS(=O)(=O)C1. The van der Waals surface area contributed by atoms with Crippen molar-refractivity contribution in [3.05, 3.63) is 24.0 Å². The number of anilines is 1. The molecule has 1 atom stereocenters. The molecule has 2 heterocycles. The standard InChI is InChI=1S/C15H21N3O2S/c1-15(2,3)14-17-12-8-10(16)4-5-13(12)18(14)11-6-7-21(19,20)9-11/h4-5,8,11H,6-7,9,16H2,1-3H3. The summed E-state index contributed by atoms with van der Waals surface area (Å²) in [5, 5.41) is 0. The molecule has 0 saturated carbocycles. The van der Waals surface area contributed by atoms with Crippen molar-refractivity contribution in [1.29, 1.82) is 0 Å². The Hall–Kier alpha value is -1.56. The van der Waals surface area contributed by atoms with E-state index in [0.29, 0.717) is 12.1 Å². The number of nitrogens with zero attached hydrogens (tertiary/aromatic N) is 2. The van der Waals surface area contributed by atoms with Gasteiger partial charge in [0.2, 0.25) is 0 Å². The van der Waals surface area contributed by atoms with Crippen LogP contribution in [0.25, 0.3) is 11.0 Å². The van der Waals surface area contributed by atoms with E-state index in [0.717, 1.165) is 16.9 Å². The van der Waals surface area contributed by atoms with Gasteiger partial charge in [-0.2, -0.15) is 0 Å². The topological polar surface area (TPSA) is 78.0 Å². The Morgan fingerprint density at radius 2 is 2.05 bits per heavy atom. The number of benzene rings is 1. The number of rotatable bonds is 1. The average Bonchev–Trinajstić information content (AvgIpc) is 2.88. The molecule has 0 amide bonds. The smallest absolute Gasteiger partial charge is 0.152 e. The molecule has 1 aliphatic heterocycles. The molecule has 1 aromatic heterocycles. The molecule has 0 aliphatic carbocycles. The summed E-state index contributed by atoms with van der Waals surface area (Å²) in [6.07, 6.45) is 0.654. The summed E-state index contributed by atoms with van der Waals surface area (Å²) in [4.78, 5) is 4.73. The van der Waals surface area contributed by atoms with Crippen molar-refractivity contribution in [3.8, 4) is 0 Å². The Balaban J connectivity index is 2.24. The summed E-state index contributed by atoms with van der Waals surface area (Å²) in [6.45, 7) is 6.28. The van der Waals surface area contributed by atoms with Gasteiger partial charge in [0, 0.05) is 11.1 Å². The van der Waals surface area contributed by atoms with Crippen molar-refractivity contribution in [1.82, 2.24) is 9.55 Å². The molecule has 1 aromatic carbocycles. The van der Waals surface area contributed by atoms with Crippen molar-refractivity contribution >= 4 is 26.6 Å². The summed E-state index contributed by atoms with van der Waals surface area (Å²) in [5.41, 5.74) is 8.17. The Labute approximate surface area is 125 Å². The molecular formula is C15H21N3O2S. The van der Waals surface area contributed by atoms with Crippen LogP contribution in [0.4, 0.5) is 5.69 Å². The maximum absolute atomic E-state index is 11.8. The van der Waals surface area contributed by atoms with Crippen LogP contribution < -0.4 is 5.73 Å². The van der Waals surface area contributed by atoms with Gasteiger partial charge in [-0.3, -0.25) is 0 Å². The van der Waals surface area contributed by atoms with E-state index in [4.69, 9.17) is 10.7 Å². The second-order valence-corrected chi connectivity index (χ2v) is 9.09. The van der Waals surface area contributed by atoms with Crippen LogP contribution in [0, 0.1) is 0 Å². The fourth-order valence-electron chi connectivity index (χ4n) is 2.99. The second kappa shape index (κ2) is 4.47. The molecule has 2 aromatic rings. The van der Waals surface area contributed by atoms with Gasteiger partial charge in [0.1, 0.15) is 5.82 Å². The van der Waals surface area contributed by atoms with Gasteiger partial charge in [0.05, 0.1) is 28.6 Å². The van der Waals surface area contributed by atoms with Gasteiger partial charge in [0.25, 0.3) is 0 Å². The molecule has 3 rings (SSSR count). The maximum atomic E-state index is 11.8. The molecule has 6 heteroatoms. The fraction of sp³-hybridized carbons (Fsp3) is 0.533. The van der Waals surface area contributed by atoms with E-state index in [1.54, 1.807) is 0 Å². The summed E-state index contributed by atoms with van der Waals surface area (Å²) < 4.78 is 25.8. The minimum absolute atomic E-state index is 0.0298. The second-order valence-electron chi connectivity index (χ2n) is 6.86. The van der Waals surface area contributed by atoms with E-state index < -0.39 is 9.84 Å². The monoisotopic (exact) mass is 307 g/mol. The molecule has 21 heavy (non-hydrogen) atoms. The lowest BCUT2D eigenvalue weighted by atomic mass is 9.95. The van der Waals surface area contributed by atoms with Crippen molar-refractivity contribution in [3.63, 3.8) is 0 Å². The largest absolute Gasteiger partial charge is 0.399 e. The first kappa shape index (κ1) is 14.4. The number of hydrogen-bond acceptors (Lipinski definition) is 4. The Morgan fingerprint density at radius 1 is 1.33 bits per heavy atom. The van der Waals surface area contributed by atoms with Crippen LogP contribution in [0.5, 0.6) is 0 Å². The number of hydrogen-bond donors (Lipinski definition) is 1. The van der Waals surface area contributed by atoms with Gasteiger partial charge in [-0.15, -0.1) is 0 Å². The third-order valence-electron chi connectivity index (χ3n) is 3.96.